The molecule has 18 heavy (non-hydrogen) atoms. The van der Waals surface area contributed by atoms with Crippen molar-refractivity contribution in [2.75, 3.05) is 19.6 Å². The lowest BCUT2D eigenvalue weighted by atomic mass is 9.96. The van der Waals surface area contributed by atoms with E-state index in [9.17, 15) is 9.59 Å². The summed E-state index contributed by atoms with van der Waals surface area (Å²) in [5.41, 5.74) is 0.302. The zero-order valence-electron chi connectivity index (χ0n) is 10.4. The fourth-order valence-electron chi connectivity index (χ4n) is 2.21. The number of pyridine rings is 1. The van der Waals surface area contributed by atoms with Crippen LogP contribution in [0.2, 0.25) is 0 Å². The SMILES string of the molecule is O=C(NCCC1CCCNC1)c1ccc(=O)[nH]c1. The van der Waals surface area contributed by atoms with E-state index in [4.69, 9.17) is 0 Å². The summed E-state index contributed by atoms with van der Waals surface area (Å²) < 4.78 is 0. The molecule has 98 valence electrons. The van der Waals surface area contributed by atoms with E-state index in [-0.39, 0.29) is 11.5 Å². The summed E-state index contributed by atoms with van der Waals surface area (Å²) in [5.74, 6) is 0.532. The first kappa shape index (κ1) is 12.8. The van der Waals surface area contributed by atoms with Crippen molar-refractivity contribution >= 4 is 5.91 Å². The predicted octanol–water partition coefficient (Wildman–Crippen LogP) is 0.494. The third kappa shape index (κ3) is 3.70. The second-order valence-corrected chi connectivity index (χ2v) is 4.70. The van der Waals surface area contributed by atoms with Gasteiger partial charge in [-0.3, -0.25) is 9.59 Å². The molecule has 1 saturated heterocycles. The molecule has 1 unspecified atom stereocenters. The van der Waals surface area contributed by atoms with Crippen LogP contribution < -0.4 is 16.2 Å². The van der Waals surface area contributed by atoms with Gasteiger partial charge in [-0.05, 0) is 44.3 Å². The Bertz CT molecular complexity index is 429. The number of rotatable bonds is 4. The molecule has 2 rings (SSSR count). The van der Waals surface area contributed by atoms with Crippen molar-refractivity contribution in [3.63, 3.8) is 0 Å². The molecule has 0 spiro atoms. The summed E-state index contributed by atoms with van der Waals surface area (Å²) in [5, 5.41) is 6.24. The van der Waals surface area contributed by atoms with Crippen LogP contribution in [0.4, 0.5) is 0 Å². The van der Waals surface area contributed by atoms with Crippen LogP contribution in [-0.4, -0.2) is 30.5 Å². The number of amides is 1. The maximum Gasteiger partial charge on any atom is 0.252 e. The van der Waals surface area contributed by atoms with Gasteiger partial charge in [-0.2, -0.15) is 0 Å². The lowest BCUT2D eigenvalue weighted by Gasteiger charge is -2.22. The molecule has 0 aliphatic carbocycles. The smallest absolute Gasteiger partial charge is 0.252 e. The van der Waals surface area contributed by atoms with Crippen LogP contribution in [0.5, 0.6) is 0 Å². The minimum atomic E-state index is -0.195. The standard InChI is InChI=1S/C13H19N3O2/c17-12-4-3-11(9-16-12)13(18)15-7-5-10-2-1-6-14-8-10/h3-4,9-10,14H,1-2,5-8H2,(H,15,18)(H,16,17). The molecule has 5 nitrogen and oxygen atoms in total. The summed E-state index contributed by atoms with van der Waals surface area (Å²) >= 11 is 0. The zero-order valence-corrected chi connectivity index (χ0v) is 10.4. The second kappa shape index (κ2) is 6.35. The van der Waals surface area contributed by atoms with Crippen LogP contribution in [0.25, 0.3) is 0 Å². The van der Waals surface area contributed by atoms with Gasteiger partial charge in [-0.25, -0.2) is 0 Å². The number of carbonyl (C=O) groups is 1. The van der Waals surface area contributed by atoms with Crippen molar-refractivity contribution in [3.05, 3.63) is 34.2 Å². The quantitative estimate of drug-likeness (QED) is 0.727. The van der Waals surface area contributed by atoms with Crippen molar-refractivity contribution in [1.29, 1.82) is 0 Å². The first-order chi connectivity index (χ1) is 8.75. The third-order valence-corrected chi connectivity index (χ3v) is 3.28. The highest BCUT2D eigenvalue weighted by molar-refractivity contribution is 5.93. The van der Waals surface area contributed by atoms with E-state index >= 15 is 0 Å². The molecule has 1 atom stereocenters. The minimum absolute atomic E-state index is 0.130. The Morgan fingerprint density at radius 2 is 2.33 bits per heavy atom. The average Bonchev–Trinajstić information content (AvgIpc) is 2.40. The van der Waals surface area contributed by atoms with Crippen molar-refractivity contribution in [2.45, 2.75) is 19.3 Å². The van der Waals surface area contributed by atoms with Crippen LogP contribution in [-0.2, 0) is 0 Å². The van der Waals surface area contributed by atoms with Gasteiger partial charge in [0.15, 0.2) is 0 Å². The van der Waals surface area contributed by atoms with Gasteiger partial charge in [0.2, 0.25) is 5.56 Å². The highest BCUT2D eigenvalue weighted by Crippen LogP contribution is 2.12. The number of nitrogens with one attached hydrogen (secondary N) is 3. The molecule has 1 aromatic heterocycles. The highest BCUT2D eigenvalue weighted by Gasteiger charge is 2.13. The molecule has 0 bridgehead atoms. The van der Waals surface area contributed by atoms with Crippen molar-refractivity contribution in [3.8, 4) is 0 Å². The number of hydrogen-bond donors (Lipinski definition) is 3. The molecule has 1 aliphatic rings. The van der Waals surface area contributed by atoms with Crippen LogP contribution >= 0.6 is 0 Å². The van der Waals surface area contributed by atoms with E-state index in [0.717, 1.165) is 19.5 Å². The van der Waals surface area contributed by atoms with E-state index in [2.05, 4.69) is 15.6 Å². The topological polar surface area (TPSA) is 74.0 Å². The average molecular weight is 249 g/mol. The van der Waals surface area contributed by atoms with Crippen molar-refractivity contribution in [1.82, 2.24) is 15.6 Å². The van der Waals surface area contributed by atoms with Crippen LogP contribution in [0.1, 0.15) is 29.6 Å². The highest BCUT2D eigenvalue weighted by atomic mass is 16.1. The Morgan fingerprint density at radius 3 is 3.00 bits per heavy atom. The second-order valence-electron chi connectivity index (χ2n) is 4.70. The van der Waals surface area contributed by atoms with E-state index < -0.39 is 0 Å². The summed E-state index contributed by atoms with van der Waals surface area (Å²) in [7, 11) is 0. The number of H-pyrrole nitrogens is 1. The Morgan fingerprint density at radius 1 is 1.44 bits per heavy atom. The van der Waals surface area contributed by atoms with Crippen LogP contribution in [0.3, 0.4) is 0 Å². The van der Waals surface area contributed by atoms with Gasteiger partial charge >= 0.3 is 0 Å². The lowest BCUT2D eigenvalue weighted by Crippen LogP contribution is -2.33. The molecular formula is C13H19N3O2. The molecule has 1 amide bonds. The maximum absolute atomic E-state index is 11.7. The van der Waals surface area contributed by atoms with Gasteiger partial charge in [-0.15, -0.1) is 0 Å². The van der Waals surface area contributed by atoms with Gasteiger partial charge in [0, 0.05) is 18.8 Å². The molecular weight excluding hydrogens is 230 g/mol. The van der Waals surface area contributed by atoms with E-state index in [1.807, 2.05) is 0 Å². The van der Waals surface area contributed by atoms with E-state index in [1.54, 1.807) is 0 Å². The Balaban J connectivity index is 1.74. The minimum Gasteiger partial charge on any atom is -0.352 e. The van der Waals surface area contributed by atoms with Crippen LogP contribution in [0, 0.1) is 5.92 Å². The van der Waals surface area contributed by atoms with E-state index in [0.29, 0.717) is 18.0 Å². The third-order valence-electron chi connectivity index (χ3n) is 3.28. The van der Waals surface area contributed by atoms with Gasteiger partial charge in [-0.1, -0.05) is 0 Å². The molecule has 3 N–H and O–H groups in total. The number of piperidine rings is 1. The van der Waals surface area contributed by atoms with Crippen LogP contribution in [0.15, 0.2) is 23.1 Å². The van der Waals surface area contributed by atoms with Gasteiger partial charge in [0.05, 0.1) is 5.56 Å². The van der Waals surface area contributed by atoms with Crippen molar-refractivity contribution in [2.24, 2.45) is 5.92 Å². The fourth-order valence-corrected chi connectivity index (χ4v) is 2.21. The molecule has 1 fully saturated rings. The zero-order chi connectivity index (χ0) is 12.8. The summed E-state index contributed by atoms with van der Waals surface area (Å²) in [6, 6.07) is 2.90. The molecule has 0 saturated carbocycles. The number of aromatic nitrogens is 1. The molecule has 5 heteroatoms. The number of aromatic amines is 1. The molecule has 0 aromatic carbocycles. The monoisotopic (exact) mass is 249 g/mol. The Hall–Kier alpha value is -1.62. The summed E-state index contributed by atoms with van der Waals surface area (Å²) in [6.07, 6.45) is 4.90. The first-order valence-electron chi connectivity index (χ1n) is 6.43. The largest absolute Gasteiger partial charge is 0.352 e. The van der Waals surface area contributed by atoms with Gasteiger partial charge in [0.1, 0.15) is 0 Å². The van der Waals surface area contributed by atoms with Gasteiger partial charge < -0.3 is 15.6 Å². The summed E-state index contributed by atoms with van der Waals surface area (Å²) in [6.45, 7) is 2.85. The first-order valence-corrected chi connectivity index (χ1v) is 6.43. The van der Waals surface area contributed by atoms with E-state index in [1.165, 1.54) is 31.2 Å². The predicted molar refractivity (Wildman–Crippen MR) is 69.6 cm³/mol. The Labute approximate surface area is 106 Å². The van der Waals surface area contributed by atoms with Crippen molar-refractivity contribution < 1.29 is 4.79 Å². The molecule has 1 aliphatic heterocycles. The Kier molecular flexibility index (Phi) is 4.52. The van der Waals surface area contributed by atoms with Gasteiger partial charge in [0.25, 0.3) is 5.91 Å². The molecule has 1 aromatic rings. The maximum atomic E-state index is 11.7. The fraction of sp³-hybridized carbons (Fsp3) is 0.538. The number of carbonyl (C=O) groups excluding carboxylic acids is 1. The number of hydrogen-bond acceptors (Lipinski definition) is 3. The lowest BCUT2D eigenvalue weighted by molar-refractivity contribution is 0.0950. The molecule has 2 heterocycles. The normalized spacial score (nSPS) is 19.4. The summed E-state index contributed by atoms with van der Waals surface area (Å²) in [4.78, 5) is 25.1. The molecule has 0 radical (unpaired) electrons.